The zero-order chi connectivity index (χ0) is 15.9. The number of rotatable bonds is 7. The van der Waals surface area contributed by atoms with E-state index in [0.717, 1.165) is 18.4 Å². The third kappa shape index (κ3) is 6.48. The molecular formula is C18H24ClNO3. The van der Waals surface area contributed by atoms with Crippen molar-refractivity contribution in [3.8, 4) is 11.5 Å². The van der Waals surface area contributed by atoms with Gasteiger partial charge in [0.1, 0.15) is 11.5 Å². The Kier molecular flexibility index (Phi) is 7.89. The molecular weight excluding hydrogens is 314 g/mol. The van der Waals surface area contributed by atoms with Crippen molar-refractivity contribution in [2.45, 2.75) is 31.9 Å². The van der Waals surface area contributed by atoms with Crippen LogP contribution in [0.2, 0.25) is 0 Å². The third-order valence-corrected chi connectivity index (χ3v) is 3.74. The van der Waals surface area contributed by atoms with Crippen molar-refractivity contribution in [3.05, 3.63) is 59.7 Å². The summed E-state index contributed by atoms with van der Waals surface area (Å²) in [4.78, 5) is 0. The second kappa shape index (κ2) is 9.40. The monoisotopic (exact) mass is 337 g/mol. The fourth-order valence-electron chi connectivity index (χ4n) is 2.27. The maximum atomic E-state index is 10.1. The zero-order valence-corrected chi connectivity index (χ0v) is 14.0. The van der Waals surface area contributed by atoms with Crippen LogP contribution in [-0.2, 0) is 6.42 Å². The topological polar surface area (TPSA) is 72.7 Å². The van der Waals surface area contributed by atoms with Gasteiger partial charge in [-0.2, -0.15) is 0 Å². The molecule has 0 aromatic heterocycles. The van der Waals surface area contributed by atoms with Crippen molar-refractivity contribution >= 4 is 12.4 Å². The lowest BCUT2D eigenvalue weighted by Crippen LogP contribution is -2.30. The van der Waals surface area contributed by atoms with Gasteiger partial charge in [-0.3, -0.25) is 0 Å². The summed E-state index contributed by atoms with van der Waals surface area (Å²) >= 11 is 0. The highest BCUT2D eigenvalue weighted by molar-refractivity contribution is 5.85. The Morgan fingerprint density at radius 3 is 2.00 bits per heavy atom. The molecule has 0 fully saturated rings. The molecule has 4 nitrogen and oxygen atoms in total. The van der Waals surface area contributed by atoms with Gasteiger partial charge >= 0.3 is 0 Å². The molecule has 4 N–H and O–H groups in total. The highest BCUT2D eigenvalue weighted by atomic mass is 35.5. The number of benzene rings is 2. The average Bonchev–Trinajstić information content (AvgIpc) is 2.52. The summed E-state index contributed by atoms with van der Waals surface area (Å²) in [6, 6.07) is 14.1. The van der Waals surface area contributed by atoms with Crippen molar-refractivity contribution in [1.29, 1.82) is 0 Å². The fraction of sp³-hybridized carbons (Fsp3) is 0.333. The third-order valence-electron chi connectivity index (χ3n) is 3.74. The first-order valence-corrected chi connectivity index (χ1v) is 7.53. The molecule has 0 aliphatic carbocycles. The van der Waals surface area contributed by atoms with Crippen LogP contribution in [0.15, 0.2) is 48.5 Å². The molecule has 0 saturated heterocycles. The van der Waals surface area contributed by atoms with Gasteiger partial charge in [0, 0.05) is 12.6 Å². The minimum absolute atomic E-state index is 0. The van der Waals surface area contributed by atoms with E-state index >= 15 is 0 Å². The molecule has 5 heteroatoms. The van der Waals surface area contributed by atoms with Crippen molar-refractivity contribution in [2.75, 3.05) is 6.54 Å². The van der Waals surface area contributed by atoms with E-state index in [4.69, 9.17) is 0 Å². The van der Waals surface area contributed by atoms with E-state index in [1.54, 1.807) is 36.4 Å². The van der Waals surface area contributed by atoms with Crippen LogP contribution in [0.4, 0.5) is 0 Å². The molecule has 2 atom stereocenters. The molecule has 0 bridgehead atoms. The first kappa shape index (κ1) is 19.3. The van der Waals surface area contributed by atoms with E-state index in [9.17, 15) is 15.3 Å². The highest BCUT2D eigenvalue weighted by Gasteiger charge is 2.09. The Morgan fingerprint density at radius 2 is 1.43 bits per heavy atom. The summed E-state index contributed by atoms with van der Waals surface area (Å²) in [7, 11) is 0. The van der Waals surface area contributed by atoms with Gasteiger partial charge < -0.3 is 20.6 Å². The van der Waals surface area contributed by atoms with Crippen LogP contribution in [0.25, 0.3) is 0 Å². The Morgan fingerprint density at radius 1 is 0.913 bits per heavy atom. The molecule has 2 aromatic rings. The van der Waals surface area contributed by atoms with Crippen molar-refractivity contribution in [2.24, 2.45) is 0 Å². The van der Waals surface area contributed by atoms with E-state index in [-0.39, 0.29) is 29.9 Å². The standard InChI is InChI=1S/C18H23NO3.ClH/c1-13(2-3-14-4-8-16(20)9-5-14)19-12-18(22)15-6-10-17(21)11-7-15;/h4-11,13,18-22H,2-3,12H2,1H3;1H/t13-,18?;/m1./s1. The molecule has 1 unspecified atom stereocenters. The minimum atomic E-state index is -0.586. The van der Waals surface area contributed by atoms with Gasteiger partial charge in [0.05, 0.1) is 6.10 Å². The number of hydrogen-bond acceptors (Lipinski definition) is 4. The van der Waals surface area contributed by atoms with Crippen LogP contribution in [0.5, 0.6) is 11.5 Å². The Bertz CT molecular complexity index is 572. The second-order valence-electron chi connectivity index (χ2n) is 5.62. The van der Waals surface area contributed by atoms with Crippen LogP contribution in [0.1, 0.15) is 30.6 Å². The lowest BCUT2D eigenvalue weighted by Gasteiger charge is -2.17. The highest BCUT2D eigenvalue weighted by Crippen LogP contribution is 2.16. The number of aliphatic hydroxyl groups is 1. The summed E-state index contributed by atoms with van der Waals surface area (Å²) in [5, 5.41) is 31.9. The minimum Gasteiger partial charge on any atom is -0.508 e. The van der Waals surface area contributed by atoms with Crippen LogP contribution < -0.4 is 5.32 Å². The van der Waals surface area contributed by atoms with Gasteiger partial charge in [0.2, 0.25) is 0 Å². The van der Waals surface area contributed by atoms with Gasteiger partial charge in [-0.1, -0.05) is 24.3 Å². The zero-order valence-electron chi connectivity index (χ0n) is 13.1. The van der Waals surface area contributed by atoms with Crippen LogP contribution in [0, 0.1) is 0 Å². The molecule has 0 radical (unpaired) electrons. The molecule has 0 heterocycles. The van der Waals surface area contributed by atoms with Crippen molar-refractivity contribution < 1.29 is 15.3 Å². The van der Waals surface area contributed by atoms with E-state index in [2.05, 4.69) is 12.2 Å². The summed E-state index contributed by atoms with van der Waals surface area (Å²) in [6.07, 6.45) is 1.29. The summed E-state index contributed by atoms with van der Waals surface area (Å²) in [5.74, 6) is 0.484. The molecule has 126 valence electrons. The lowest BCUT2D eigenvalue weighted by atomic mass is 10.1. The van der Waals surface area contributed by atoms with E-state index in [0.29, 0.717) is 6.54 Å². The first-order chi connectivity index (χ1) is 10.5. The maximum Gasteiger partial charge on any atom is 0.115 e. The first-order valence-electron chi connectivity index (χ1n) is 7.53. The molecule has 2 rings (SSSR count). The molecule has 0 amide bonds. The quantitative estimate of drug-likeness (QED) is 0.626. The van der Waals surface area contributed by atoms with Crippen LogP contribution in [-0.4, -0.2) is 27.9 Å². The normalized spacial score (nSPS) is 13.1. The fourth-order valence-corrected chi connectivity index (χ4v) is 2.27. The van der Waals surface area contributed by atoms with Gasteiger partial charge in [-0.05, 0) is 55.2 Å². The molecule has 23 heavy (non-hydrogen) atoms. The van der Waals surface area contributed by atoms with Crippen molar-refractivity contribution in [3.63, 3.8) is 0 Å². The Labute approximate surface area is 143 Å². The van der Waals surface area contributed by atoms with Gasteiger partial charge in [0.15, 0.2) is 0 Å². The summed E-state index contributed by atoms with van der Waals surface area (Å²) in [5.41, 5.74) is 1.97. The van der Waals surface area contributed by atoms with Gasteiger partial charge in [-0.15, -0.1) is 12.4 Å². The molecule has 0 spiro atoms. The molecule has 2 aromatic carbocycles. The van der Waals surface area contributed by atoms with Gasteiger partial charge in [-0.25, -0.2) is 0 Å². The van der Waals surface area contributed by atoms with E-state index in [1.165, 1.54) is 5.56 Å². The number of nitrogens with one attached hydrogen (secondary N) is 1. The van der Waals surface area contributed by atoms with Crippen LogP contribution in [0.3, 0.4) is 0 Å². The number of aromatic hydroxyl groups is 2. The predicted octanol–water partition coefficient (Wildman–Crippen LogP) is 3.16. The molecule has 0 saturated carbocycles. The SMILES string of the molecule is C[C@H](CCc1ccc(O)cc1)NCC(O)c1ccc(O)cc1.Cl. The Balaban J connectivity index is 0.00000264. The number of hydrogen-bond donors (Lipinski definition) is 4. The number of phenols is 2. The molecule has 0 aliphatic rings. The number of halogens is 1. The van der Waals surface area contributed by atoms with E-state index in [1.807, 2.05) is 12.1 Å². The largest absolute Gasteiger partial charge is 0.508 e. The van der Waals surface area contributed by atoms with Crippen molar-refractivity contribution in [1.82, 2.24) is 5.32 Å². The average molecular weight is 338 g/mol. The van der Waals surface area contributed by atoms with Gasteiger partial charge in [0.25, 0.3) is 0 Å². The predicted molar refractivity (Wildman–Crippen MR) is 94.2 cm³/mol. The number of aliphatic hydroxyl groups excluding tert-OH is 1. The maximum absolute atomic E-state index is 10.1. The summed E-state index contributed by atoms with van der Waals surface area (Å²) in [6.45, 7) is 2.56. The molecule has 0 aliphatic heterocycles. The smallest absolute Gasteiger partial charge is 0.115 e. The number of phenolic OH excluding ortho intramolecular Hbond substituents is 2. The van der Waals surface area contributed by atoms with E-state index < -0.39 is 6.10 Å². The summed E-state index contributed by atoms with van der Waals surface area (Å²) < 4.78 is 0. The van der Waals surface area contributed by atoms with Crippen LogP contribution >= 0.6 is 12.4 Å². The lowest BCUT2D eigenvalue weighted by molar-refractivity contribution is 0.170. The second-order valence-corrected chi connectivity index (χ2v) is 5.62. The number of aryl methyl sites for hydroxylation is 1. The Hall–Kier alpha value is -1.75.